The van der Waals surface area contributed by atoms with Crippen LogP contribution in [0.5, 0.6) is 5.75 Å². The minimum absolute atomic E-state index is 0.0756. The molecule has 1 fully saturated rings. The number of aliphatic hydroxyl groups excluding tert-OH is 1. The first kappa shape index (κ1) is 24.9. The van der Waals surface area contributed by atoms with Crippen LogP contribution >= 0.6 is 22.9 Å². The summed E-state index contributed by atoms with van der Waals surface area (Å²) in [6.07, 6.45) is 1.53. The summed E-state index contributed by atoms with van der Waals surface area (Å²) in [6, 6.07) is 11.7. The minimum atomic E-state index is -1.05. The van der Waals surface area contributed by atoms with Gasteiger partial charge in [-0.05, 0) is 53.9 Å². The molecule has 0 aliphatic carbocycles. The summed E-state index contributed by atoms with van der Waals surface area (Å²) in [6.45, 7) is 3.97. The molecule has 1 saturated heterocycles. The predicted octanol–water partition coefficient (Wildman–Crippen LogP) is 6.24. The quantitative estimate of drug-likeness (QED) is 0.184. The van der Waals surface area contributed by atoms with Crippen molar-refractivity contribution >= 4 is 55.7 Å². The lowest BCUT2D eigenvalue weighted by molar-refractivity contribution is -0.132. The molecule has 7 nitrogen and oxygen atoms in total. The van der Waals surface area contributed by atoms with E-state index in [9.17, 15) is 19.1 Å². The average Bonchev–Trinajstić information content (AvgIpc) is 3.41. The van der Waals surface area contributed by atoms with Crippen LogP contribution in [0.3, 0.4) is 0 Å². The van der Waals surface area contributed by atoms with Crippen molar-refractivity contribution in [3.63, 3.8) is 0 Å². The van der Waals surface area contributed by atoms with E-state index in [2.05, 4.69) is 9.97 Å². The highest BCUT2D eigenvalue weighted by Crippen LogP contribution is 2.44. The largest absolute Gasteiger partial charge is 0.507 e. The summed E-state index contributed by atoms with van der Waals surface area (Å²) in [7, 11) is 1.56. The molecule has 0 bridgehead atoms. The molecule has 1 N–H and O–H groups in total. The lowest BCUT2D eigenvalue weighted by Crippen LogP contribution is -2.29. The van der Waals surface area contributed by atoms with E-state index in [1.165, 1.54) is 23.2 Å². The maximum Gasteiger partial charge on any atom is 0.301 e. The van der Waals surface area contributed by atoms with E-state index in [1.807, 2.05) is 13.8 Å². The topological polar surface area (TPSA) is 92.6 Å². The van der Waals surface area contributed by atoms with Gasteiger partial charge in [0.25, 0.3) is 5.78 Å². The van der Waals surface area contributed by atoms with Crippen LogP contribution in [0.1, 0.15) is 42.6 Å². The van der Waals surface area contributed by atoms with Crippen molar-refractivity contribution in [3.8, 4) is 5.75 Å². The second-order valence-corrected chi connectivity index (χ2v) is 10.2. The molecule has 37 heavy (non-hydrogen) atoms. The Hall–Kier alpha value is -3.82. The molecule has 1 aliphatic rings. The lowest BCUT2D eigenvalue weighted by atomic mass is 9.94. The third-order valence-corrected chi connectivity index (χ3v) is 7.47. The van der Waals surface area contributed by atoms with E-state index >= 15 is 0 Å². The Morgan fingerprint density at radius 3 is 2.65 bits per heavy atom. The van der Waals surface area contributed by atoms with Gasteiger partial charge < -0.3 is 9.84 Å². The van der Waals surface area contributed by atoms with Crippen molar-refractivity contribution in [2.75, 3.05) is 12.0 Å². The number of aromatic nitrogens is 2. The number of carbonyl (C=O) groups excluding carboxylic acids is 2. The van der Waals surface area contributed by atoms with Crippen molar-refractivity contribution in [2.24, 2.45) is 0 Å². The second-order valence-electron chi connectivity index (χ2n) is 8.77. The van der Waals surface area contributed by atoms with Crippen molar-refractivity contribution in [1.29, 1.82) is 0 Å². The molecule has 0 radical (unpaired) electrons. The van der Waals surface area contributed by atoms with E-state index < -0.39 is 23.5 Å². The van der Waals surface area contributed by atoms with Crippen molar-refractivity contribution in [2.45, 2.75) is 25.8 Å². The molecule has 1 unspecified atom stereocenters. The zero-order valence-electron chi connectivity index (χ0n) is 20.0. The van der Waals surface area contributed by atoms with E-state index in [0.717, 1.165) is 16.9 Å². The number of hydrogen-bond donors (Lipinski definition) is 1. The number of amides is 1. The van der Waals surface area contributed by atoms with Crippen LogP contribution in [0.4, 0.5) is 9.52 Å². The molecule has 10 heteroatoms. The maximum atomic E-state index is 14.1. The van der Waals surface area contributed by atoms with Crippen LogP contribution in [0.2, 0.25) is 5.02 Å². The van der Waals surface area contributed by atoms with Crippen LogP contribution in [0.25, 0.3) is 16.0 Å². The van der Waals surface area contributed by atoms with Crippen LogP contribution < -0.4 is 9.64 Å². The number of nitrogens with zero attached hydrogens (tertiary/aromatic N) is 3. The molecule has 2 aromatic carbocycles. The lowest BCUT2D eigenvalue weighted by Gasteiger charge is -2.22. The predicted molar refractivity (Wildman–Crippen MR) is 141 cm³/mol. The first-order valence-corrected chi connectivity index (χ1v) is 12.6. The zero-order valence-corrected chi connectivity index (χ0v) is 21.6. The Balaban J connectivity index is 1.72. The van der Waals surface area contributed by atoms with Crippen LogP contribution in [-0.2, 0) is 9.59 Å². The monoisotopic (exact) mass is 537 g/mol. The Kier molecular flexibility index (Phi) is 6.43. The molecular weight excluding hydrogens is 517 g/mol. The van der Waals surface area contributed by atoms with Crippen LogP contribution in [0, 0.1) is 5.82 Å². The number of anilines is 1. The number of methoxy groups -OCH3 is 1. The third kappa shape index (κ3) is 4.24. The first-order chi connectivity index (χ1) is 17.7. The number of aliphatic hydroxyl groups is 1. The first-order valence-electron chi connectivity index (χ1n) is 11.4. The molecule has 3 heterocycles. The number of rotatable bonds is 5. The number of fused-ring (bicyclic) bond motifs is 1. The van der Waals surface area contributed by atoms with Crippen LogP contribution in [-0.4, -0.2) is 33.9 Å². The summed E-state index contributed by atoms with van der Waals surface area (Å²) in [5, 5.41) is 11.5. The molecule has 0 spiro atoms. The number of ketones is 1. The molecule has 5 rings (SSSR count). The molecule has 1 amide bonds. The van der Waals surface area contributed by atoms with Gasteiger partial charge in [-0.25, -0.2) is 9.37 Å². The van der Waals surface area contributed by atoms with Gasteiger partial charge in [-0.3, -0.25) is 19.5 Å². The number of pyridine rings is 1. The van der Waals surface area contributed by atoms with Gasteiger partial charge in [0.05, 0.1) is 33.6 Å². The summed E-state index contributed by atoms with van der Waals surface area (Å²) in [4.78, 5) is 36.8. The standard InChI is InChI=1S/C27H21ClFN3O4S/c1-13(2)15-10-14(7-8-20(15)36-3)24(33)22-23(18-6-4-5-9-30-18)32(26(35)25(22)34)27-31-19-11-16(28)17(29)12-21(19)37-27/h4-13,23,33H,1-3H3/b24-22+. The third-order valence-electron chi connectivity index (χ3n) is 6.16. The molecule has 0 saturated carbocycles. The average molecular weight is 538 g/mol. The summed E-state index contributed by atoms with van der Waals surface area (Å²) < 4.78 is 20.0. The fraction of sp³-hybridized carbons (Fsp3) is 0.185. The SMILES string of the molecule is COc1ccc(/C(O)=C2\C(=O)C(=O)N(c3nc4cc(Cl)c(F)cc4s3)C2c2ccccn2)cc1C(C)C. The normalized spacial score (nSPS) is 17.2. The molecule has 1 aliphatic heterocycles. The van der Waals surface area contributed by atoms with E-state index in [1.54, 1.807) is 43.5 Å². The molecular formula is C27H21ClFN3O4S. The molecule has 1 atom stereocenters. The van der Waals surface area contributed by atoms with Gasteiger partial charge in [0.15, 0.2) is 5.13 Å². The molecule has 2 aromatic heterocycles. The number of thiazole rings is 1. The Bertz CT molecular complexity index is 1550. The number of Topliss-reactive ketones (excluding diaryl/α,β-unsaturated/α-hetero) is 1. The Labute approximate surface area is 220 Å². The highest BCUT2D eigenvalue weighted by atomic mass is 35.5. The van der Waals surface area contributed by atoms with E-state index in [0.29, 0.717) is 27.2 Å². The van der Waals surface area contributed by atoms with Gasteiger partial charge in [-0.1, -0.05) is 42.9 Å². The van der Waals surface area contributed by atoms with Crippen molar-refractivity contribution in [1.82, 2.24) is 9.97 Å². The van der Waals surface area contributed by atoms with Crippen molar-refractivity contribution in [3.05, 3.63) is 88.0 Å². The number of benzene rings is 2. The summed E-state index contributed by atoms with van der Waals surface area (Å²) >= 11 is 6.95. The van der Waals surface area contributed by atoms with Gasteiger partial charge in [0, 0.05) is 11.8 Å². The number of hydrogen-bond acceptors (Lipinski definition) is 7. The number of carbonyl (C=O) groups is 2. The second kappa shape index (κ2) is 9.57. The Morgan fingerprint density at radius 2 is 1.97 bits per heavy atom. The zero-order chi connectivity index (χ0) is 26.4. The fourth-order valence-electron chi connectivity index (χ4n) is 4.35. The van der Waals surface area contributed by atoms with Crippen LogP contribution in [0.15, 0.2) is 60.3 Å². The summed E-state index contributed by atoms with van der Waals surface area (Å²) in [5.41, 5.74) is 1.82. The smallest absolute Gasteiger partial charge is 0.301 e. The van der Waals surface area contributed by atoms with Crippen molar-refractivity contribution < 1.29 is 23.8 Å². The van der Waals surface area contributed by atoms with Gasteiger partial charge in [-0.2, -0.15) is 0 Å². The summed E-state index contributed by atoms with van der Waals surface area (Å²) in [5.74, 6) is -1.98. The molecule has 188 valence electrons. The minimum Gasteiger partial charge on any atom is -0.507 e. The Morgan fingerprint density at radius 1 is 1.19 bits per heavy atom. The highest BCUT2D eigenvalue weighted by Gasteiger charge is 2.49. The number of halogens is 2. The van der Waals surface area contributed by atoms with E-state index in [4.69, 9.17) is 16.3 Å². The maximum absolute atomic E-state index is 14.1. The fourth-order valence-corrected chi connectivity index (χ4v) is 5.51. The van der Waals surface area contributed by atoms with Gasteiger partial charge in [0.1, 0.15) is 23.4 Å². The van der Waals surface area contributed by atoms with Gasteiger partial charge >= 0.3 is 5.91 Å². The van der Waals surface area contributed by atoms with Gasteiger partial charge in [0.2, 0.25) is 0 Å². The number of ether oxygens (including phenoxy) is 1. The molecule has 4 aromatic rings. The highest BCUT2D eigenvalue weighted by molar-refractivity contribution is 7.22. The van der Waals surface area contributed by atoms with E-state index in [-0.39, 0.29) is 27.4 Å². The van der Waals surface area contributed by atoms with Gasteiger partial charge in [-0.15, -0.1) is 0 Å².